The van der Waals surface area contributed by atoms with Crippen LogP contribution in [0.3, 0.4) is 0 Å². The van der Waals surface area contributed by atoms with Crippen LogP contribution in [0.1, 0.15) is 0 Å². The number of carbonyl (C=O) groups excluding carboxylic acids is 1. The molecule has 0 saturated carbocycles. The van der Waals surface area contributed by atoms with Gasteiger partial charge in [0.15, 0.2) is 6.10 Å². The van der Waals surface area contributed by atoms with E-state index in [1.807, 2.05) is 0 Å². The fourth-order valence-electron chi connectivity index (χ4n) is 1.02. The summed E-state index contributed by atoms with van der Waals surface area (Å²) in [6.45, 7) is -0.434. The highest BCUT2D eigenvalue weighted by Gasteiger charge is 2.13. The molecule has 7 heteroatoms. The minimum absolute atomic E-state index is 0.229. The first-order valence-corrected chi connectivity index (χ1v) is 4.70. The van der Waals surface area contributed by atoms with E-state index in [1.165, 1.54) is 18.2 Å². The summed E-state index contributed by atoms with van der Waals surface area (Å²) in [5.74, 6) is -1.94. The van der Waals surface area contributed by atoms with Gasteiger partial charge in [-0.3, -0.25) is 0 Å². The van der Waals surface area contributed by atoms with Gasteiger partial charge < -0.3 is 20.8 Å². The largest absolute Gasteiger partial charge is 0.479 e. The zero-order valence-electron chi connectivity index (χ0n) is 8.68. The lowest BCUT2D eigenvalue weighted by molar-refractivity contribution is -0.146. The van der Waals surface area contributed by atoms with Crippen LogP contribution in [0.4, 0.5) is 14.9 Å². The number of hydrogen-bond donors (Lipinski definition) is 4. The molecular formula is C10H11FN2O4. The first-order valence-electron chi connectivity index (χ1n) is 4.70. The van der Waals surface area contributed by atoms with E-state index < -0.39 is 30.5 Å². The molecule has 1 aromatic rings. The highest BCUT2D eigenvalue weighted by Crippen LogP contribution is 2.08. The van der Waals surface area contributed by atoms with E-state index in [1.54, 1.807) is 0 Å². The Morgan fingerprint density at radius 1 is 1.41 bits per heavy atom. The maximum atomic E-state index is 12.7. The molecule has 2 amide bonds. The monoisotopic (exact) mass is 242 g/mol. The van der Waals surface area contributed by atoms with Crippen LogP contribution in [0.15, 0.2) is 24.3 Å². The minimum atomic E-state index is -1.67. The van der Waals surface area contributed by atoms with E-state index in [2.05, 4.69) is 10.6 Å². The second-order valence-corrected chi connectivity index (χ2v) is 3.20. The Labute approximate surface area is 96.1 Å². The van der Waals surface area contributed by atoms with E-state index in [4.69, 9.17) is 10.2 Å². The van der Waals surface area contributed by atoms with Crippen molar-refractivity contribution in [1.29, 1.82) is 0 Å². The number of halogens is 1. The van der Waals surface area contributed by atoms with E-state index in [9.17, 15) is 14.0 Å². The quantitative estimate of drug-likeness (QED) is 0.614. The van der Waals surface area contributed by atoms with Crippen molar-refractivity contribution in [2.45, 2.75) is 6.10 Å². The molecule has 0 spiro atoms. The molecule has 92 valence electrons. The van der Waals surface area contributed by atoms with Gasteiger partial charge in [-0.2, -0.15) is 0 Å². The highest BCUT2D eigenvalue weighted by molar-refractivity contribution is 5.89. The van der Waals surface area contributed by atoms with E-state index in [-0.39, 0.29) is 5.69 Å². The third-order valence-corrected chi connectivity index (χ3v) is 1.82. The zero-order chi connectivity index (χ0) is 12.8. The number of nitrogens with one attached hydrogen (secondary N) is 2. The Morgan fingerprint density at radius 3 is 2.71 bits per heavy atom. The van der Waals surface area contributed by atoms with Gasteiger partial charge in [0.1, 0.15) is 5.82 Å². The standard InChI is InChI=1S/C10H11FN2O4/c11-6-2-1-3-7(4-6)13-10(17)12-5-8(14)9(15)16/h1-4,8,14H,5H2,(H,15,16)(H2,12,13,17)/t8-/m0/s1. The lowest BCUT2D eigenvalue weighted by Crippen LogP contribution is -2.38. The Kier molecular flexibility index (Phi) is 4.41. The molecule has 0 unspecified atom stereocenters. The number of aliphatic hydroxyl groups excluding tert-OH is 1. The number of carboxylic acid groups (broad SMARTS) is 1. The van der Waals surface area contributed by atoms with Gasteiger partial charge in [0, 0.05) is 5.69 Å². The molecule has 0 radical (unpaired) electrons. The first-order chi connectivity index (χ1) is 7.99. The summed E-state index contributed by atoms with van der Waals surface area (Å²) in [5.41, 5.74) is 0.229. The number of hydrogen-bond acceptors (Lipinski definition) is 3. The van der Waals surface area contributed by atoms with E-state index >= 15 is 0 Å². The molecule has 0 heterocycles. The molecule has 0 aliphatic heterocycles. The van der Waals surface area contributed by atoms with Crippen LogP contribution in [-0.4, -0.2) is 34.9 Å². The first kappa shape index (κ1) is 12.9. The number of carbonyl (C=O) groups is 2. The van der Waals surface area contributed by atoms with Crippen LogP contribution in [0.2, 0.25) is 0 Å². The Balaban J connectivity index is 2.42. The maximum absolute atomic E-state index is 12.7. The van der Waals surface area contributed by atoms with Crippen LogP contribution in [0.25, 0.3) is 0 Å². The average Bonchev–Trinajstić information content (AvgIpc) is 2.25. The third kappa shape index (κ3) is 4.47. The number of rotatable bonds is 4. The van der Waals surface area contributed by atoms with Gasteiger partial charge in [-0.05, 0) is 18.2 Å². The minimum Gasteiger partial charge on any atom is -0.479 e. The number of aliphatic carboxylic acids is 1. The summed E-state index contributed by atoms with van der Waals surface area (Å²) in [4.78, 5) is 21.4. The normalized spacial score (nSPS) is 11.6. The lowest BCUT2D eigenvalue weighted by atomic mass is 10.3. The number of aliphatic hydroxyl groups is 1. The number of amides is 2. The summed E-state index contributed by atoms with van der Waals surface area (Å²) < 4.78 is 12.7. The molecule has 0 aromatic heterocycles. The SMILES string of the molecule is O=C(NC[C@H](O)C(=O)O)Nc1cccc(F)c1. The third-order valence-electron chi connectivity index (χ3n) is 1.82. The van der Waals surface area contributed by atoms with Crippen molar-refractivity contribution in [3.63, 3.8) is 0 Å². The predicted octanol–water partition coefficient (Wildman–Crippen LogP) is 0.393. The van der Waals surface area contributed by atoms with Gasteiger partial charge in [-0.25, -0.2) is 14.0 Å². The summed E-state index contributed by atoms with van der Waals surface area (Å²) in [7, 11) is 0. The van der Waals surface area contributed by atoms with Crippen molar-refractivity contribution < 1.29 is 24.2 Å². The number of urea groups is 1. The van der Waals surface area contributed by atoms with Gasteiger partial charge in [-0.15, -0.1) is 0 Å². The van der Waals surface area contributed by atoms with Crippen molar-refractivity contribution in [2.24, 2.45) is 0 Å². The van der Waals surface area contributed by atoms with Gasteiger partial charge >= 0.3 is 12.0 Å². The zero-order valence-corrected chi connectivity index (χ0v) is 8.68. The molecule has 0 aliphatic carbocycles. The van der Waals surface area contributed by atoms with E-state index in [0.29, 0.717) is 0 Å². The van der Waals surface area contributed by atoms with Crippen LogP contribution in [-0.2, 0) is 4.79 Å². The number of benzene rings is 1. The summed E-state index contributed by atoms with van der Waals surface area (Å²) in [6.07, 6.45) is -1.67. The Bertz CT molecular complexity index is 425. The van der Waals surface area contributed by atoms with Crippen molar-refractivity contribution in [3.8, 4) is 0 Å². The molecule has 4 N–H and O–H groups in total. The molecule has 6 nitrogen and oxygen atoms in total. The smallest absolute Gasteiger partial charge is 0.334 e. The summed E-state index contributed by atoms with van der Waals surface area (Å²) >= 11 is 0. The summed E-state index contributed by atoms with van der Waals surface area (Å²) in [6, 6.07) is 4.48. The lowest BCUT2D eigenvalue weighted by Gasteiger charge is -2.09. The summed E-state index contributed by atoms with van der Waals surface area (Å²) in [5, 5.41) is 21.6. The molecule has 0 aliphatic rings. The highest BCUT2D eigenvalue weighted by atomic mass is 19.1. The molecular weight excluding hydrogens is 231 g/mol. The van der Waals surface area contributed by atoms with Crippen molar-refractivity contribution in [1.82, 2.24) is 5.32 Å². The molecule has 17 heavy (non-hydrogen) atoms. The predicted molar refractivity (Wildman–Crippen MR) is 57.1 cm³/mol. The second-order valence-electron chi connectivity index (χ2n) is 3.20. The topological polar surface area (TPSA) is 98.7 Å². The Morgan fingerprint density at radius 2 is 2.12 bits per heavy atom. The van der Waals surface area contributed by atoms with Crippen LogP contribution in [0.5, 0.6) is 0 Å². The molecule has 1 rings (SSSR count). The molecule has 0 fully saturated rings. The average molecular weight is 242 g/mol. The van der Waals surface area contributed by atoms with Crippen molar-refractivity contribution >= 4 is 17.7 Å². The van der Waals surface area contributed by atoms with Gasteiger partial charge in [-0.1, -0.05) is 6.07 Å². The van der Waals surface area contributed by atoms with Crippen LogP contribution < -0.4 is 10.6 Å². The molecule has 1 aromatic carbocycles. The van der Waals surface area contributed by atoms with Gasteiger partial charge in [0.25, 0.3) is 0 Å². The number of carboxylic acids is 1. The van der Waals surface area contributed by atoms with Gasteiger partial charge in [0.05, 0.1) is 6.54 Å². The molecule has 0 bridgehead atoms. The fourth-order valence-corrected chi connectivity index (χ4v) is 1.02. The van der Waals surface area contributed by atoms with Crippen LogP contribution >= 0.6 is 0 Å². The Hall–Kier alpha value is -2.15. The van der Waals surface area contributed by atoms with Crippen molar-refractivity contribution in [2.75, 3.05) is 11.9 Å². The maximum Gasteiger partial charge on any atom is 0.334 e. The van der Waals surface area contributed by atoms with E-state index in [0.717, 1.165) is 6.07 Å². The van der Waals surface area contributed by atoms with Crippen LogP contribution in [0, 0.1) is 5.82 Å². The second kappa shape index (κ2) is 5.80. The molecule has 1 atom stereocenters. The van der Waals surface area contributed by atoms with Gasteiger partial charge in [0.2, 0.25) is 0 Å². The van der Waals surface area contributed by atoms with Crippen molar-refractivity contribution in [3.05, 3.63) is 30.1 Å². The molecule has 0 saturated heterocycles. The number of anilines is 1. The fraction of sp³-hybridized carbons (Fsp3) is 0.200.